The molecule has 0 aliphatic heterocycles. The lowest BCUT2D eigenvalue weighted by atomic mass is 10.1. The van der Waals surface area contributed by atoms with Crippen LogP contribution in [0.3, 0.4) is 0 Å². The Balaban J connectivity index is 1.63. The molecule has 0 saturated heterocycles. The summed E-state index contributed by atoms with van der Waals surface area (Å²) in [6, 6.07) is 18.0. The van der Waals surface area contributed by atoms with Crippen molar-refractivity contribution >= 4 is 11.6 Å². The average molecular weight is 261 g/mol. The van der Waals surface area contributed by atoms with E-state index in [2.05, 4.69) is 24.3 Å². The van der Waals surface area contributed by atoms with Crippen LogP contribution in [-0.4, -0.2) is 6.61 Å². The third kappa shape index (κ3) is 4.42. The quantitative estimate of drug-likeness (QED) is 0.682. The number of aryl methyl sites for hydroxylation is 1. The summed E-state index contributed by atoms with van der Waals surface area (Å²) < 4.78 is 5.64. The molecule has 2 rings (SSSR count). The van der Waals surface area contributed by atoms with Gasteiger partial charge in [0, 0.05) is 5.02 Å². The van der Waals surface area contributed by atoms with Crippen LogP contribution in [0.4, 0.5) is 0 Å². The van der Waals surface area contributed by atoms with E-state index in [0.717, 1.165) is 36.6 Å². The fourth-order valence-corrected chi connectivity index (χ4v) is 1.92. The number of unbranched alkanes of at least 4 members (excludes halogenated alkanes) is 1. The van der Waals surface area contributed by atoms with Crippen molar-refractivity contribution in [2.45, 2.75) is 19.3 Å². The van der Waals surface area contributed by atoms with Crippen LogP contribution in [-0.2, 0) is 6.42 Å². The van der Waals surface area contributed by atoms with Crippen molar-refractivity contribution in [1.82, 2.24) is 0 Å². The molecule has 0 radical (unpaired) electrons. The predicted molar refractivity (Wildman–Crippen MR) is 76.3 cm³/mol. The largest absolute Gasteiger partial charge is 0.494 e. The first-order valence-electron chi connectivity index (χ1n) is 6.27. The Morgan fingerprint density at radius 1 is 0.833 bits per heavy atom. The Morgan fingerprint density at radius 3 is 2.28 bits per heavy atom. The fraction of sp³-hybridized carbons (Fsp3) is 0.250. The number of rotatable bonds is 6. The van der Waals surface area contributed by atoms with Gasteiger partial charge in [0.1, 0.15) is 5.75 Å². The van der Waals surface area contributed by atoms with E-state index in [4.69, 9.17) is 16.3 Å². The molecule has 0 unspecified atom stereocenters. The minimum atomic E-state index is 0.742. The Kier molecular flexibility index (Phi) is 5.10. The van der Waals surface area contributed by atoms with Crippen molar-refractivity contribution in [1.29, 1.82) is 0 Å². The topological polar surface area (TPSA) is 9.23 Å². The molecule has 2 heteroatoms. The zero-order chi connectivity index (χ0) is 12.6. The number of ether oxygens (including phenoxy) is 1. The molecule has 0 saturated carbocycles. The van der Waals surface area contributed by atoms with E-state index in [9.17, 15) is 0 Å². The van der Waals surface area contributed by atoms with Crippen molar-refractivity contribution in [2.75, 3.05) is 6.61 Å². The van der Waals surface area contributed by atoms with Gasteiger partial charge >= 0.3 is 0 Å². The zero-order valence-corrected chi connectivity index (χ0v) is 11.1. The van der Waals surface area contributed by atoms with Gasteiger partial charge in [-0.1, -0.05) is 41.9 Å². The molecule has 0 heterocycles. The molecule has 1 nitrogen and oxygen atoms in total. The minimum Gasteiger partial charge on any atom is -0.494 e. The maximum absolute atomic E-state index is 5.81. The number of hydrogen-bond acceptors (Lipinski definition) is 1. The summed E-state index contributed by atoms with van der Waals surface area (Å²) in [5.74, 6) is 0.888. The minimum absolute atomic E-state index is 0.742. The number of benzene rings is 2. The van der Waals surface area contributed by atoms with E-state index in [1.807, 2.05) is 30.3 Å². The lowest BCUT2D eigenvalue weighted by Crippen LogP contribution is -1.98. The van der Waals surface area contributed by atoms with Crippen molar-refractivity contribution < 1.29 is 4.74 Å². The summed E-state index contributed by atoms with van der Waals surface area (Å²) in [7, 11) is 0. The highest BCUT2D eigenvalue weighted by Gasteiger charge is 1.95. The molecule has 94 valence electrons. The van der Waals surface area contributed by atoms with Crippen LogP contribution in [0.2, 0.25) is 5.02 Å². The molecular weight excluding hydrogens is 244 g/mol. The van der Waals surface area contributed by atoms with Crippen LogP contribution >= 0.6 is 11.6 Å². The van der Waals surface area contributed by atoms with Crippen molar-refractivity contribution in [3.63, 3.8) is 0 Å². The van der Waals surface area contributed by atoms with Crippen LogP contribution in [0.5, 0.6) is 5.75 Å². The molecule has 0 spiro atoms. The van der Waals surface area contributed by atoms with Crippen molar-refractivity contribution in [3.05, 3.63) is 65.2 Å². The average Bonchev–Trinajstić information content (AvgIpc) is 2.42. The predicted octanol–water partition coefficient (Wildman–Crippen LogP) is 4.74. The molecule has 0 amide bonds. The second kappa shape index (κ2) is 7.07. The molecule has 0 fully saturated rings. The van der Waals surface area contributed by atoms with Gasteiger partial charge in [-0.05, 0) is 49.1 Å². The number of hydrogen-bond donors (Lipinski definition) is 0. The molecular formula is C16H17ClO. The normalized spacial score (nSPS) is 10.3. The van der Waals surface area contributed by atoms with Gasteiger partial charge in [0.05, 0.1) is 6.61 Å². The van der Waals surface area contributed by atoms with Crippen LogP contribution < -0.4 is 4.74 Å². The molecule has 0 aromatic heterocycles. The lowest BCUT2D eigenvalue weighted by molar-refractivity contribution is 0.307. The Labute approximate surface area is 113 Å². The molecule has 0 aliphatic rings. The summed E-state index contributed by atoms with van der Waals surface area (Å²) in [5.41, 5.74) is 1.39. The van der Waals surface area contributed by atoms with E-state index in [-0.39, 0.29) is 0 Å². The zero-order valence-electron chi connectivity index (χ0n) is 10.3. The lowest BCUT2D eigenvalue weighted by Gasteiger charge is -2.06. The fourth-order valence-electron chi connectivity index (χ4n) is 1.80. The van der Waals surface area contributed by atoms with Crippen molar-refractivity contribution in [2.24, 2.45) is 0 Å². The Bertz CT molecular complexity index is 450. The maximum atomic E-state index is 5.81. The van der Waals surface area contributed by atoms with Crippen LogP contribution in [0, 0.1) is 0 Å². The number of halogens is 1. The summed E-state index contributed by atoms with van der Waals surface area (Å²) >= 11 is 5.81. The third-order valence-electron chi connectivity index (χ3n) is 2.78. The van der Waals surface area contributed by atoms with Gasteiger partial charge in [-0.15, -0.1) is 0 Å². The maximum Gasteiger partial charge on any atom is 0.119 e. The van der Waals surface area contributed by atoms with E-state index < -0.39 is 0 Å². The molecule has 18 heavy (non-hydrogen) atoms. The van der Waals surface area contributed by atoms with Gasteiger partial charge in [0.25, 0.3) is 0 Å². The van der Waals surface area contributed by atoms with Gasteiger partial charge < -0.3 is 4.74 Å². The van der Waals surface area contributed by atoms with Gasteiger partial charge in [-0.25, -0.2) is 0 Å². The standard InChI is InChI=1S/C16H17ClO/c17-15-9-11-16(12-10-15)18-13-5-4-8-14-6-2-1-3-7-14/h1-3,6-7,9-12H,4-5,8,13H2. The summed E-state index contributed by atoms with van der Waals surface area (Å²) in [4.78, 5) is 0. The smallest absolute Gasteiger partial charge is 0.119 e. The molecule has 0 atom stereocenters. The highest BCUT2D eigenvalue weighted by Crippen LogP contribution is 2.15. The van der Waals surface area contributed by atoms with Gasteiger partial charge in [0.15, 0.2) is 0 Å². The molecule has 2 aromatic carbocycles. The van der Waals surface area contributed by atoms with Gasteiger partial charge in [0.2, 0.25) is 0 Å². The highest BCUT2D eigenvalue weighted by atomic mass is 35.5. The second-order valence-electron chi connectivity index (χ2n) is 4.25. The summed E-state index contributed by atoms with van der Waals surface area (Å²) in [6.45, 7) is 0.758. The molecule has 2 aromatic rings. The molecule has 0 aliphatic carbocycles. The first kappa shape index (κ1) is 13.0. The van der Waals surface area contributed by atoms with Gasteiger partial charge in [-0.3, -0.25) is 0 Å². The van der Waals surface area contributed by atoms with E-state index in [1.54, 1.807) is 0 Å². The second-order valence-corrected chi connectivity index (χ2v) is 4.68. The third-order valence-corrected chi connectivity index (χ3v) is 3.04. The van der Waals surface area contributed by atoms with Crippen LogP contribution in [0.1, 0.15) is 18.4 Å². The summed E-state index contributed by atoms with van der Waals surface area (Å²) in [5, 5.41) is 0.742. The molecule has 0 bridgehead atoms. The van der Waals surface area contributed by atoms with E-state index in [0.29, 0.717) is 0 Å². The first-order valence-corrected chi connectivity index (χ1v) is 6.65. The van der Waals surface area contributed by atoms with Gasteiger partial charge in [-0.2, -0.15) is 0 Å². The van der Waals surface area contributed by atoms with E-state index in [1.165, 1.54) is 5.56 Å². The first-order chi connectivity index (χ1) is 8.84. The van der Waals surface area contributed by atoms with Crippen LogP contribution in [0.15, 0.2) is 54.6 Å². The van der Waals surface area contributed by atoms with E-state index >= 15 is 0 Å². The SMILES string of the molecule is Clc1ccc(OCCCCc2ccccc2)cc1. The Morgan fingerprint density at radius 2 is 1.56 bits per heavy atom. The Hall–Kier alpha value is -1.47. The monoisotopic (exact) mass is 260 g/mol. The van der Waals surface area contributed by atoms with Crippen LogP contribution in [0.25, 0.3) is 0 Å². The summed E-state index contributed by atoms with van der Waals surface area (Å²) in [6.07, 6.45) is 3.33. The van der Waals surface area contributed by atoms with Crippen molar-refractivity contribution in [3.8, 4) is 5.75 Å². The molecule has 0 N–H and O–H groups in total. The highest BCUT2D eigenvalue weighted by molar-refractivity contribution is 6.30.